The molecule has 1 aromatic heterocycles. The van der Waals surface area contributed by atoms with Gasteiger partial charge in [0.2, 0.25) is 0 Å². The molecule has 0 bridgehead atoms. The third-order valence-corrected chi connectivity index (χ3v) is 7.31. The SMILES string of the molecule is CNc1ccc(C(CC(=O)O)c2ccc(C)c(Cn3ccnc3CN3CCCCC3)c2)c(C)c1N. The summed E-state index contributed by atoms with van der Waals surface area (Å²) in [6, 6.07) is 10.2. The minimum absolute atomic E-state index is 0.00691. The molecule has 1 saturated heterocycles. The first-order valence-electron chi connectivity index (χ1n) is 12.5. The zero-order chi connectivity index (χ0) is 24.9. The van der Waals surface area contributed by atoms with E-state index in [2.05, 4.69) is 44.9 Å². The lowest BCUT2D eigenvalue weighted by atomic mass is 9.84. The third kappa shape index (κ3) is 5.68. The second-order valence-electron chi connectivity index (χ2n) is 9.64. The Balaban J connectivity index is 1.64. The molecule has 2 heterocycles. The van der Waals surface area contributed by atoms with Crippen LogP contribution in [0.4, 0.5) is 11.4 Å². The average Bonchev–Trinajstić information content (AvgIpc) is 3.28. The molecule has 0 aliphatic carbocycles. The summed E-state index contributed by atoms with van der Waals surface area (Å²) in [5.74, 6) is -0.0352. The Bertz CT molecular complexity index is 1180. The molecular weight excluding hydrogens is 438 g/mol. The van der Waals surface area contributed by atoms with Crippen molar-refractivity contribution in [3.8, 4) is 0 Å². The van der Waals surface area contributed by atoms with E-state index in [9.17, 15) is 9.90 Å². The van der Waals surface area contributed by atoms with Gasteiger partial charge in [-0.2, -0.15) is 0 Å². The summed E-state index contributed by atoms with van der Waals surface area (Å²) < 4.78 is 2.22. The number of carbonyl (C=O) groups is 1. The molecule has 0 radical (unpaired) electrons. The number of hydrogen-bond donors (Lipinski definition) is 3. The van der Waals surface area contributed by atoms with E-state index in [0.29, 0.717) is 12.2 Å². The van der Waals surface area contributed by atoms with Gasteiger partial charge in [-0.3, -0.25) is 9.69 Å². The van der Waals surface area contributed by atoms with E-state index in [1.807, 2.05) is 38.5 Å². The van der Waals surface area contributed by atoms with E-state index in [1.165, 1.54) is 30.4 Å². The molecule has 1 atom stereocenters. The molecule has 7 heteroatoms. The predicted molar refractivity (Wildman–Crippen MR) is 141 cm³/mol. The zero-order valence-electron chi connectivity index (χ0n) is 21.1. The number of carboxylic acid groups (broad SMARTS) is 1. The summed E-state index contributed by atoms with van der Waals surface area (Å²) >= 11 is 0. The average molecular weight is 476 g/mol. The molecule has 1 aliphatic rings. The van der Waals surface area contributed by atoms with Crippen molar-refractivity contribution in [3.05, 3.63) is 76.4 Å². The molecule has 35 heavy (non-hydrogen) atoms. The first kappa shape index (κ1) is 24.8. The van der Waals surface area contributed by atoms with E-state index in [1.54, 1.807) is 0 Å². The number of aromatic nitrogens is 2. The van der Waals surface area contributed by atoms with Gasteiger partial charge < -0.3 is 20.7 Å². The molecule has 2 aromatic carbocycles. The van der Waals surface area contributed by atoms with Crippen molar-refractivity contribution in [2.24, 2.45) is 0 Å². The minimum Gasteiger partial charge on any atom is -0.481 e. The molecule has 186 valence electrons. The Hall–Kier alpha value is -3.32. The van der Waals surface area contributed by atoms with Crippen LogP contribution in [0.25, 0.3) is 0 Å². The highest BCUT2D eigenvalue weighted by Crippen LogP contribution is 2.36. The molecule has 1 unspecified atom stereocenters. The van der Waals surface area contributed by atoms with Crippen LogP contribution in [-0.4, -0.2) is 45.7 Å². The fourth-order valence-electron chi connectivity index (χ4n) is 5.14. The van der Waals surface area contributed by atoms with Crippen molar-refractivity contribution in [3.63, 3.8) is 0 Å². The number of hydrogen-bond acceptors (Lipinski definition) is 5. The number of nitrogens with zero attached hydrogens (tertiary/aromatic N) is 3. The number of likely N-dealkylation sites (tertiary alicyclic amines) is 1. The van der Waals surface area contributed by atoms with Gasteiger partial charge in [-0.05, 0) is 73.7 Å². The monoisotopic (exact) mass is 475 g/mol. The quantitative estimate of drug-likeness (QED) is 0.386. The van der Waals surface area contributed by atoms with E-state index in [4.69, 9.17) is 5.73 Å². The first-order valence-corrected chi connectivity index (χ1v) is 12.5. The van der Waals surface area contributed by atoms with E-state index >= 15 is 0 Å². The normalized spacial score (nSPS) is 15.2. The molecule has 4 N–H and O–H groups in total. The second-order valence-corrected chi connectivity index (χ2v) is 9.64. The number of rotatable bonds is 9. The molecular formula is C28H37N5O2. The minimum atomic E-state index is -0.828. The topological polar surface area (TPSA) is 96.4 Å². The van der Waals surface area contributed by atoms with Crippen LogP contribution in [0.1, 0.15) is 65.2 Å². The fourth-order valence-corrected chi connectivity index (χ4v) is 5.14. The molecule has 1 fully saturated rings. The van der Waals surface area contributed by atoms with Gasteiger partial charge in [-0.15, -0.1) is 0 Å². The Morgan fingerprint density at radius 2 is 1.91 bits per heavy atom. The fraction of sp³-hybridized carbons (Fsp3) is 0.429. The summed E-state index contributed by atoms with van der Waals surface area (Å²) in [7, 11) is 1.83. The molecule has 0 saturated carbocycles. The van der Waals surface area contributed by atoms with Crippen molar-refractivity contribution in [2.45, 2.75) is 58.5 Å². The zero-order valence-corrected chi connectivity index (χ0v) is 21.1. The van der Waals surface area contributed by atoms with Crippen molar-refractivity contribution in [2.75, 3.05) is 31.2 Å². The summed E-state index contributed by atoms with van der Waals surface area (Å²) in [5.41, 5.74) is 13.1. The van der Waals surface area contributed by atoms with Crippen LogP contribution in [0.3, 0.4) is 0 Å². The van der Waals surface area contributed by atoms with E-state index < -0.39 is 5.97 Å². The number of carboxylic acids is 1. The van der Waals surface area contributed by atoms with Crippen LogP contribution in [0.5, 0.6) is 0 Å². The number of anilines is 2. The summed E-state index contributed by atoms with van der Waals surface area (Å²) in [4.78, 5) is 19.0. The maximum Gasteiger partial charge on any atom is 0.304 e. The molecule has 7 nitrogen and oxygen atoms in total. The Kier molecular flexibility index (Phi) is 7.76. The lowest BCUT2D eigenvalue weighted by Crippen LogP contribution is -2.30. The van der Waals surface area contributed by atoms with Gasteiger partial charge in [0.05, 0.1) is 24.3 Å². The Morgan fingerprint density at radius 3 is 2.63 bits per heavy atom. The van der Waals surface area contributed by atoms with Gasteiger partial charge >= 0.3 is 5.97 Å². The first-order chi connectivity index (χ1) is 16.9. The standard InChI is InChI=1S/C28H37N5O2/c1-19-7-8-21(24(16-27(34)35)23-9-10-25(30-3)28(29)20(23)2)15-22(19)17-33-14-11-31-26(33)18-32-12-5-4-6-13-32/h7-11,14-15,24,30H,4-6,12-13,16-18,29H2,1-3H3,(H,34,35). The van der Waals surface area contributed by atoms with Gasteiger partial charge in [0, 0.05) is 31.9 Å². The number of nitrogen functional groups attached to an aromatic ring is 1. The lowest BCUT2D eigenvalue weighted by Gasteiger charge is -2.26. The van der Waals surface area contributed by atoms with Crippen LogP contribution >= 0.6 is 0 Å². The molecule has 3 aromatic rings. The van der Waals surface area contributed by atoms with Crippen LogP contribution in [-0.2, 0) is 17.9 Å². The van der Waals surface area contributed by atoms with E-state index in [-0.39, 0.29) is 12.3 Å². The van der Waals surface area contributed by atoms with Crippen LogP contribution in [0.2, 0.25) is 0 Å². The number of nitrogens with two attached hydrogens (primary N) is 1. The summed E-state index contributed by atoms with van der Waals surface area (Å²) in [5, 5.41) is 12.8. The molecule has 0 spiro atoms. The van der Waals surface area contributed by atoms with Crippen LogP contribution in [0, 0.1) is 13.8 Å². The van der Waals surface area contributed by atoms with Crippen LogP contribution < -0.4 is 11.1 Å². The van der Waals surface area contributed by atoms with E-state index in [0.717, 1.165) is 47.8 Å². The van der Waals surface area contributed by atoms with Gasteiger partial charge in [0.15, 0.2) is 0 Å². The highest BCUT2D eigenvalue weighted by molar-refractivity contribution is 5.74. The number of aryl methyl sites for hydroxylation is 1. The van der Waals surface area contributed by atoms with Gasteiger partial charge in [-0.1, -0.05) is 30.7 Å². The second kappa shape index (κ2) is 11.0. The van der Waals surface area contributed by atoms with Crippen molar-refractivity contribution in [1.29, 1.82) is 0 Å². The number of nitrogens with one attached hydrogen (secondary N) is 1. The van der Waals surface area contributed by atoms with Crippen molar-refractivity contribution < 1.29 is 9.90 Å². The van der Waals surface area contributed by atoms with Gasteiger partial charge in [0.25, 0.3) is 0 Å². The maximum atomic E-state index is 11.9. The van der Waals surface area contributed by atoms with Gasteiger partial charge in [-0.25, -0.2) is 4.98 Å². The maximum absolute atomic E-state index is 11.9. The Labute approximate surface area is 208 Å². The Morgan fingerprint density at radius 1 is 1.14 bits per heavy atom. The summed E-state index contributed by atoms with van der Waals surface area (Å²) in [6.07, 6.45) is 7.75. The smallest absolute Gasteiger partial charge is 0.304 e. The molecule has 4 rings (SSSR count). The third-order valence-electron chi connectivity index (χ3n) is 7.31. The summed E-state index contributed by atoms with van der Waals surface area (Å²) in [6.45, 7) is 7.91. The number of benzene rings is 2. The largest absolute Gasteiger partial charge is 0.481 e. The highest BCUT2D eigenvalue weighted by atomic mass is 16.4. The van der Waals surface area contributed by atoms with Crippen LogP contribution in [0.15, 0.2) is 42.7 Å². The van der Waals surface area contributed by atoms with Gasteiger partial charge in [0.1, 0.15) is 5.82 Å². The number of piperidine rings is 1. The molecule has 0 amide bonds. The number of imidazole rings is 1. The highest BCUT2D eigenvalue weighted by Gasteiger charge is 2.22. The predicted octanol–water partition coefficient (Wildman–Crippen LogP) is 4.76. The lowest BCUT2D eigenvalue weighted by molar-refractivity contribution is -0.137. The van der Waals surface area contributed by atoms with Crippen molar-refractivity contribution in [1.82, 2.24) is 14.5 Å². The van der Waals surface area contributed by atoms with Crippen molar-refractivity contribution >= 4 is 17.3 Å². The molecule has 1 aliphatic heterocycles. The number of aliphatic carboxylic acids is 1.